The van der Waals surface area contributed by atoms with Gasteiger partial charge in [-0.05, 0) is 41.0 Å². The molecule has 4 heteroatoms. The lowest BCUT2D eigenvalue weighted by Crippen LogP contribution is -2.00. The van der Waals surface area contributed by atoms with E-state index in [1.165, 1.54) is 5.56 Å². The fourth-order valence-corrected chi connectivity index (χ4v) is 5.58. The highest BCUT2D eigenvalue weighted by molar-refractivity contribution is 6.12. The molecule has 0 radical (unpaired) electrons. The van der Waals surface area contributed by atoms with Crippen LogP contribution in [0.3, 0.4) is 0 Å². The van der Waals surface area contributed by atoms with Crippen LogP contribution < -0.4 is 0 Å². The van der Waals surface area contributed by atoms with Gasteiger partial charge in [0.05, 0.1) is 0 Å². The average molecular weight is 552 g/mol. The molecule has 0 bridgehead atoms. The molecule has 8 aromatic rings. The number of benzene rings is 6. The van der Waals surface area contributed by atoms with Gasteiger partial charge in [0.1, 0.15) is 11.2 Å². The molecule has 2 aromatic heterocycles. The third-order valence-corrected chi connectivity index (χ3v) is 7.72. The van der Waals surface area contributed by atoms with E-state index >= 15 is 0 Å². The number of nitrogens with zero attached hydrogens (tertiary/aromatic N) is 3. The monoisotopic (exact) mass is 551 g/mol. The zero-order valence-electron chi connectivity index (χ0n) is 23.2. The van der Waals surface area contributed by atoms with Crippen molar-refractivity contribution in [3.63, 3.8) is 0 Å². The molecule has 0 unspecified atom stereocenters. The molecule has 0 fully saturated rings. The highest BCUT2D eigenvalue weighted by Crippen LogP contribution is 2.40. The van der Waals surface area contributed by atoms with Gasteiger partial charge in [-0.1, -0.05) is 127 Å². The minimum absolute atomic E-state index is 0.600. The first-order chi connectivity index (χ1) is 21.3. The van der Waals surface area contributed by atoms with Crippen molar-refractivity contribution in [2.45, 2.75) is 0 Å². The van der Waals surface area contributed by atoms with E-state index in [2.05, 4.69) is 72.8 Å². The quantitative estimate of drug-likeness (QED) is 0.214. The highest BCUT2D eigenvalue weighted by Gasteiger charge is 2.17. The molecule has 0 aliphatic heterocycles. The number of aromatic nitrogens is 3. The Bertz CT molecular complexity index is 2150. The lowest BCUT2D eigenvalue weighted by atomic mass is 9.95. The first-order valence-electron chi connectivity index (χ1n) is 14.3. The predicted molar refractivity (Wildman–Crippen MR) is 174 cm³/mol. The third kappa shape index (κ3) is 4.65. The van der Waals surface area contributed by atoms with Crippen molar-refractivity contribution in [1.29, 1.82) is 0 Å². The molecule has 0 aliphatic carbocycles. The summed E-state index contributed by atoms with van der Waals surface area (Å²) in [6, 6.07) is 51.6. The summed E-state index contributed by atoms with van der Waals surface area (Å²) >= 11 is 0. The lowest BCUT2D eigenvalue weighted by Gasteiger charge is -2.08. The summed E-state index contributed by atoms with van der Waals surface area (Å²) in [7, 11) is 0. The zero-order valence-corrected chi connectivity index (χ0v) is 23.2. The number of rotatable bonds is 5. The molecule has 0 spiro atoms. The molecule has 43 heavy (non-hydrogen) atoms. The van der Waals surface area contributed by atoms with Crippen LogP contribution in [0.5, 0.6) is 0 Å². The van der Waals surface area contributed by atoms with Gasteiger partial charge in [-0.15, -0.1) is 0 Å². The number of fused-ring (bicyclic) bond motifs is 3. The zero-order chi connectivity index (χ0) is 28.6. The topological polar surface area (TPSA) is 51.8 Å². The Balaban J connectivity index is 1.33. The first kappa shape index (κ1) is 24.9. The average Bonchev–Trinajstić information content (AvgIpc) is 3.47. The number of hydrogen-bond donors (Lipinski definition) is 0. The molecule has 6 aromatic carbocycles. The molecule has 2 heterocycles. The molecule has 0 N–H and O–H groups in total. The van der Waals surface area contributed by atoms with E-state index in [4.69, 9.17) is 19.4 Å². The van der Waals surface area contributed by atoms with Gasteiger partial charge < -0.3 is 4.42 Å². The second kappa shape index (κ2) is 10.5. The molecule has 202 valence electrons. The second-order valence-electron chi connectivity index (χ2n) is 10.5. The molecule has 8 rings (SSSR count). The molecule has 4 nitrogen and oxygen atoms in total. The number of furan rings is 1. The largest absolute Gasteiger partial charge is 0.455 e. The van der Waals surface area contributed by atoms with Gasteiger partial charge in [0.25, 0.3) is 0 Å². The Morgan fingerprint density at radius 1 is 0.349 bits per heavy atom. The maximum Gasteiger partial charge on any atom is 0.164 e. The fraction of sp³-hybridized carbons (Fsp3) is 0. The van der Waals surface area contributed by atoms with Crippen molar-refractivity contribution in [2.75, 3.05) is 0 Å². The van der Waals surface area contributed by atoms with Crippen molar-refractivity contribution >= 4 is 21.9 Å². The Morgan fingerprint density at radius 3 is 1.40 bits per heavy atom. The van der Waals surface area contributed by atoms with Crippen molar-refractivity contribution in [1.82, 2.24) is 15.0 Å². The summed E-state index contributed by atoms with van der Waals surface area (Å²) in [4.78, 5) is 14.7. The van der Waals surface area contributed by atoms with Crippen molar-refractivity contribution in [3.05, 3.63) is 152 Å². The normalized spacial score (nSPS) is 11.3. The smallest absolute Gasteiger partial charge is 0.164 e. The molecule has 0 amide bonds. The third-order valence-electron chi connectivity index (χ3n) is 7.72. The van der Waals surface area contributed by atoms with Crippen LogP contribution in [-0.2, 0) is 0 Å². The maximum absolute atomic E-state index is 6.65. The van der Waals surface area contributed by atoms with Gasteiger partial charge in [-0.25, -0.2) is 15.0 Å². The Kier molecular flexibility index (Phi) is 6.08. The summed E-state index contributed by atoms with van der Waals surface area (Å²) < 4.78 is 6.65. The Hall–Kier alpha value is -5.87. The fourth-order valence-electron chi connectivity index (χ4n) is 5.58. The van der Waals surface area contributed by atoms with Crippen LogP contribution in [0.25, 0.3) is 78.4 Å². The minimum atomic E-state index is 0.600. The van der Waals surface area contributed by atoms with E-state index < -0.39 is 0 Å². The van der Waals surface area contributed by atoms with Crippen LogP contribution in [0.4, 0.5) is 0 Å². The summed E-state index contributed by atoms with van der Waals surface area (Å²) in [5, 5.41) is 2.13. The highest BCUT2D eigenvalue weighted by atomic mass is 16.3. The summed E-state index contributed by atoms with van der Waals surface area (Å²) in [6.45, 7) is 0. The molecule has 0 atom stereocenters. The van der Waals surface area contributed by atoms with E-state index in [9.17, 15) is 0 Å². The van der Waals surface area contributed by atoms with Crippen molar-refractivity contribution in [3.8, 4) is 56.4 Å². The summed E-state index contributed by atoms with van der Waals surface area (Å²) in [5.74, 6) is 1.87. The van der Waals surface area contributed by atoms with Crippen LogP contribution >= 0.6 is 0 Å². The van der Waals surface area contributed by atoms with Crippen LogP contribution in [0.1, 0.15) is 0 Å². The second-order valence-corrected chi connectivity index (χ2v) is 10.5. The summed E-state index contributed by atoms with van der Waals surface area (Å²) in [6.07, 6.45) is 0. The van der Waals surface area contributed by atoms with E-state index in [0.29, 0.717) is 17.5 Å². The summed E-state index contributed by atoms with van der Waals surface area (Å²) in [5.41, 5.74) is 8.89. The molecule has 0 aliphatic rings. The van der Waals surface area contributed by atoms with Crippen LogP contribution in [0.2, 0.25) is 0 Å². The van der Waals surface area contributed by atoms with Gasteiger partial charge in [0, 0.05) is 33.0 Å². The van der Waals surface area contributed by atoms with Gasteiger partial charge in [-0.3, -0.25) is 0 Å². The van der Waals surface area contributed by atoms with Crippen molar-refractivity contribution < 1.29 is 4.42 Å². The lowest BCUT2D eigenvalue weighted by molar-refractivity contribution is 0.670. The van der Waals surface area contributed by atoms with Gasteiger partial charge in [-0.2, -0.15) is 0 Å². The van der Waals surface area contributed by atoms with Crippen LogP contribution in [0, 0.1) is 0 Å². The van der Waals surface area contributed by atoms with Crippen LogP contribution in [-0.4, -0.2) is 15.0 Å². The number of hydrogen-bond acceptors (Lipinski definition) is 4. The molecular formula is C39H25N3O. The minimum Gasteiger partial charge on any atom is -0.455 e. The van der Waals surface area contributed by atoms with Gasteiger partial charge in [0.15, 0.2) is 17.5 Å². The molecular weight excluding hydrogens is 526 g/mol. The van der Waals surface area contributed by atoms with Crippen LogP contribution in [0.15, 0.2) is 156 Å². The SMILES string of the molecule is c1ccc(-c2cc(-c3ccccc3)c3oc4cc(-c5nc(-c6ccccc6)nc(-c6ccccc6)n5)ccc4c3c2)cc1. The molecule has 0 saturated carbocycles. The van der Waals surface area contributed by atoms with E-state index in [-0.39, 0.29) is 0 Å². The Labute approximate surface area is 249 Å². The standard InChI is InChI=1S/C39H25N3O/c1-5-13-26(14-6-1)31-23-33(27-15-7-2-8-16-27)36-34(24-31)32-22-21-30(25-35(32)43-36)39-41-37(28-17-9-3-10-18-28)40-38(42-39)29-19-11-4-12-20-29/h1-25H. The predicted octanol–water partition coefficient (Wildman–Crippen LogP) is 10.1. The maximum atomic E-state index is 6.65. The molecule has 0 saturated heterocycles. The Morgan fingerprint density at radius 2 is 0.837 bits per heavy atom. The van der Waals surface area contributed by atoms with E-state index in [1.54, 1.807) is 0 Å². The first-order valence-corrected chi connectivity index (χ1v) is 14.3. The van der Waals surface area contributed by atoms with Gasteiger partial charge in [0.2, 0.25) is 0 Å². The van der Waals surface area contributed by atoms with E-state index in [1.807, 2.05) is 78.9 Å². The van der Waals surface area contributed by atoms with Crippen molar-refractivity contribution in [2.24, 2.45) is 0 Å². The van der Waals surface area contributed by atoms with Gasteiger partial charge >= 0.3 is 0 Å². The van der Waals surface area contributed by atoms with E-state index in [0.717, 1.165) is 55.3 Å².